The summed E-state index contributed by atoms with van der Waals surface area (Å²) in [5.41, 5.74) is 4.69. The van der Waals surface area contributed by atoms with Crippen LogP contribution in [-0.4, -0.2) is 46.2 Å². The number of carbonyl (C=O) groups excluding carboxylic acids is 3. The predicted octanol–water partition coefficient (Wildman–Crippen LogP) is -0.470. The first-order valence-corrected chi connectivity index (χ1v) is 9.98. The van der Waals surface area contributed by atoms with Crippen LogP contribution in [0.4, 0.5) is 15.8 Å². The summed E-state index contributed by atoms with van der Waals surface area (Å²) in [6, 6.07) is 8.54. The number of amides is 3. The van der Waals surface area contributed by atoms with Gasteiger partial charge in [0.05, 0.1) is 28.7 Å². The van der Waals surface area contributed by atoms with Gasteiger partial charge in [0.15, 0.2) is 0 Å². The maximum absolute atomic E-state index is 13.2. The van der Waals surface area contributed by atoms with Crippen LogP contribution in [-0.2, 0) is 14.4 Å². The highest BCUT2D eigenvalue weighted by molar-refractivity contribution is 6.40. The van der Waals surface area contributed by atoms with Crippen LogP contribution in [0.3, 0.4) is 0 Å². The first-order chi connectivity index (χ1) is 16.2. The van der Waals surface area contributed by atoms with Gasteiger partial charge in [-0.2, -0.15) is 5.10 Å². The summed E-state index contributed by atoms with van der Waals surface area (Å²) in [5, 5.41) is 14.7. The molecule has 1 unspecified atom stereocenters. The van der Waals surface area contributed by atoms with Crippen LogP contribution in [0.1, 0.15) is 6.42 Å². The average molecular weight is 467 g/mol. The molecule has 4 rings (SSSR count). The number of fused-ring (bicyclic) bond motifs is 1. The molecule has 3 aromatic rings. The topological polar surface area (TPSA) is 183 Å². The van der Waals surface area contributed by atoms with Gasteiger partial charge in [-0.1, -0.05) is 6.07 Å². The third kappa shape index (κ3) is 4.39. The minimum atomic E-state index is -0.958. The van der Waals surface area contributed by atoms with Gasteiger partial charge < -0.3 is 16.4 Å². The highest BCUT2D eigenvalue weighted by Gasteiger charge is 2.35. The van der Waals surface area contributed by atoms with E-state index in [-0.39, 0.29) is 28.6 Å². The van der Waals surface area contributed by atoms with Crippen molar-refractivity contribution in [2.75, 3.05) is 16.9 Å². The second-order valence-corrected chi connectivity index (χ2v) is 7.36. The zero-order valence-electron chi connectivity index (χ0n) is 17.4. The van der Waals surface area contributed by atoms with E-state index >= 15 is 0 Å². The van der Waals surface area contributed by atoms with E-state index in [2.05, 4.69) is 25.9 Å². The number of hydrazone groups is 1. The van der Waals surface area contributed by atoms with Crippen molar-refractivity contribution < 1.29 is 18.8 Å². The van der Waals surface area contributed by atoms with Gasteiger partial charge in [0.2, 0.25) is 11.8 Å². The Kier molecular flexibility index (Phi) is 5.91. The van der Waals surface area contributed by atoms with Crippen LogP contribution in [0.5, 0.6) is 0 Å². The number of nitrogens with one attached hydrogen (secondary N) is 4. The Morgan fingerprint density at radius 1 is 1.09 bits per heavy atom. The molecule has 34 heavy (non-hydrogen) atoms. The lowest BCUT2D eigenvalue weighted by Gasteiger charge is -2.20. The molecule has 0 spiro atoms. The molecule has 174 valence electrons. The third-order valence-electron chi connectivity index (χ3n) is 5.10. The molecule has 1 aromatic heterocycles. The van der Waals surface area contributed by atoms with Gasteiger partial charge >= 0.3 is 0 Å². The van der Waals surface area contributed by atoms with Crippen molar-refractivity contribution in [3.8, 4) is 0 Å². The van der Waals surface area contributed by atoms with Crippen LogP contribution < -0.4 is 32.5 Å². The third-order valence-corrected chi connectivity index (χ3v) is 5.10. The lowest BCUT2D eigenvalue weighted by molar-refractivity contribution is -0.120. The van der Waals surface area contributed by atoms with Crippen LogP contribution in [0.15, 0.2) is 57.2 Å². The van der Waals surface area contributed by atoms with Crippen LogP contribution >= 0.6 is 0 Å². The van der Waals surface area contributed by atoms with E-state index in [0.29, 0.717) is 5.69 Å². The number of hydrogen-bond donors (Lipinski definition) is 5. The minimum absolute atomic E-state index is 0.00895. The van der Waals surface area contributed by atoms with Gasteiger partial charge in [0.1, 0.15) is 17.6 Å². The Labute approximate surface area is 189 Å². The van der Waals surface area contributed by atoms with Crippen LogP contribution in [0.25, 0.3) is 10.8 Å². The number of benzene rings is 2. The number of anilines is 2. The second-order valence-electron chi connectivity index (χ2n) is 7.36. The van der Waals surface area contributed by atoms with Crippen LogP contribution in [0.2, 0.25) is 0 Å². The van der Waals surface area contributed by atoms with E-state index in [4.69, 9.17) is 5.73 Å². The highest BCUT2D eigenvalue weighted by atomic mass is 19.1. The molecular formula is C21H18FN7O5. The number of aromatic amines is 2. The van der Waals surface area contributed by atoms with Crippen molar-refractivity contribution in [3.63, 3.8) is 0 Å². The Morgan fingerprint density at radius 2 is 1.79 bits per heavy atom. The summed E-state index contributed by atoms with van der Waals surface area (Å²) in [6.45, 7) is -0.479. The molecule has 3 amide bonds. The Balaban J connectivity index is 1.45. The molecule has 0 fully saturated rings. The summed E-state index contributed by atoms with van der Waals surface area (Å²) in [6.07, 6.45) is -0.109. The molecule has 6 N–H and O–H groups in total. The monoisotopic (exact) mass is 467 g/mol. The van der Waals surface area contributed by atoms with E-state index in [9.17, 15) is 28.4 Å². The molecule has 13 heteroatoms. The molecule has 1 atom stereocenters. The second kappa shape index (κ2) is 8.97. The van der Waals surface area contributed by atoms with Crippen molar-refractivity contribution in [2.45, 2.75) is 12.5 Å². The Bertz CT molecular complexity index is 1440. The number of nitrogens with two attached hydrogens (primary N) is 1. The van der Waals surface area contributed by atoms with Crippen molar-refractivity contribution in [3.05, 3.63) is 69.0 Å². The summed E-state index contributed by atoms with van der Waals surface area (Å²) < 4.78 is 13.2. The molecule has 0 radical (unpaired) electrons. The lowest BCUT2D eigenvalue weighted by Crippen LogP contribution is -2.40. The van der Waals surface area contributed by atoms with Crippen LogP contribution in [0, 0.1) is 5.82 Å². The Morgan fingerprint density at radius 3 is 2.50 bits per heavy atom. The van der Waals surface area contributed by atoms with Gasteiger partial charge in [-0.3, -0.25) is 39.2 Å². The van der Waals surface area contributed by atoms with Gasteiger partial charge in [0.25, 0.3) is 17.0 Å². The number of halogens is 1. The quantitative estimate of drug-likeness (QED) is 0.326. The summed E-state index contributed by atoms with van der Waals surface area (Å²) >= 11 is 0. The fraction of sp³-hybridized carbons (Fsp3) is 0.143. The fourth-order valence-corrected chi connectivity index (χ4v) is 3.49. The number of nitrogens with zero attached hydrogens (tertiary/aromatic N) is 2. The minimum Gasteiger partial charge on any atom is -0.368 e. The molecule has 0 aliphatic carbocycles. The van der Waals surface area contributed by atoms with E-state index in [0.717, 1.165) is 0 Å². The molecular weight excluding hydrogens is 449 g/mol. The SMILES string of the molecule is NC(=O)C1CC(C(=O)NCC(=O)Nc2cccc3c(=O)[nH][nH]c(=O)c23)=NN1c1ccc(F)cc1. The van der Waals surface area contributed by atoms with Gasteiger partial charge in [0, 0.05) is 6.42 Å². The summed E-state index contributed by atoms with van der Waals surface area (Å²) in [4.78, 5) is 60.7. The first-order valence-electron chi connectivity index (χ1n) is 9.98. The van der Waals surface area contributed by atoms with Gasteiger partial charge in [-0.05, 0) is 36.4 Å². The Hall–Kier alpha value is -4.81. The molecule has 1 aliphatic heterocycles. The largest absolute Gasteiger partial charge is 0.368 e. The van der Waals surface area contributed by atoms with Crippen molar-refractivity contribution in [1.29, 1.82) is 0 Å². The van der Waals surface area contributed by atoms with Crippen molar-refractivity contribution in [1.82, 2.24) is 15.5 Å². The van der Waals surface area contributed by atoms with Crippen molar-refractivity contribution in [2.24, 2.45) is 10.8 Å². The zero-order chi connectivity index (χ0) is 24.4. The number of hydrogen-bond acceptors (Lipinski definition) is 7. The first kappa shape index (κ1) is 22.4. The van der Waals surface area contributed by atoms with Gasteiger partial charge in [-0.25, -0.2) is 4.39 Å². The molecule has 0 saturated carbocycles. The lowest BCUT2D eigenvalue weighted by atomic mass is 10.1. The fourth-order valence-electron chi connectivity index (χ4n) is 3.49. The number of rotatable bonds is 6. The van der Waals surface area contributed by atoms with Gasteiger partial charge in [-0.15, -0.1) is 0 Å². The van der Waals surface area contributed by atoms with E-state index in [1.54, 1.807) is 0 Å². The smallest absolute Gasteiger partial charge is 0.272 e. The molecule has 12 nitrogen and oxygen atoms in total. The number of carbonyl (C=O) groups is 3. The van der Waals surface area contributed by atoms with Crippen molar-refractivity contribution >= 4 is 45.6 Å². The number of H-pyrrole nitrogens is 2. The molecule has 2 heterocycles. The average Bonchev–Trinajstić information content (AvgIpc) is 3.26. The van der Waals surface area contributed by atoms with E-state index < -0.39 is 47.2 Å². The summed E-state index contributed by atoms with van der Waals surface area (Å²) in [5.74, 6) is -2.59. The standard InChI is InChI=1S/C21H18FN7O5/c22-10-4-6-11(7-5-10)29-15(18(23)31)8-14(28-29)20(33)24-9-16(30)25-13-3-1-2-12-17(13)21(34)27-26-19(12)32/h1-7,15H,8-9H2,(H2,23,31)(H,24,33)(H,25,30)(H,26,32)(H,27,34). The predicted molar refractivity (Wildman–Crippen MR) is 121 cm³/mol. The molecule has 1 aliphatic rings. The maximum atomic E-state index is 13.2. The van der Waals surface area contributed by atoms with E-state index in [1.807, 2.05) is 0 Å². The molecule has 2 aromatic carbocycles. The number of primary amides is 1. The normalized spacial score (nSPS) is 15.1. The maximum Gasteiger partial charge on any atom is 0.272 e. The molecule has 0 saturated heterocycles. The zero-order valence-corrected chi connectivity index (χ0v) is 17.4. The summed E-state index contributed by atoms with van der Waals surface area (Å²) in [7, 11) is 0. The highest BCUT2D eigenvalue weighted by Crippen LogP contribution is 2.25. The molecule has 0 bridgehead atoms. The van der Waals surface area contributed by atoms with E-state index in [1.165, 1.54) is 47.5 Å². The number of aromatic nitrogens is 2.